The van der Waals surface area contributed by atoms with Gasteiger partial charge >= 0.3 is 0 Å². The summed E-state index contributed by atoms with van der Waals surface area (Å²) in [6, 6.07) is 11.1. The number of pyridine rings is 1. The van der Waals surface area contributed by atoms with Gasteiger partial charge in [0.05, 0.1) is 11.1 Å². The third-order valence-electron chi connectivity index (χ3n) is 3.07. The van der Waals surface area contributed by atoms with Crippen LogP contribution in [0.15, 0.2) is 48.7 Å². The van der Waals surface area contributed by atoms with Crippen LogP contribution in [0, 0.1) is 17.0 Å². The van der Waals surface area contributed by atoms with Crippen LogP contribution in [-0.2, 0) is 0 Å². The zero-order valence-electron chi connectivity index (χ0n) is 12.5. The maximum Gasteiger partial charge on any atom is 0.270 e. The van der Waals surface area contributed by atoms with Gasteiger partial charge in [0.15, 0.2) is 5.82 Å². The predicted molar refractivity (Wildman–Crippen MR) is 88.2 cm³/mol. The summed E-state index contributed by atoms with van der Waals surface area (Å²) in [4.78, 5) is 23.0. The molecule has 0 atom stereocenters. The Balaban J connectivity index is 1.95. The Morgan fingerprint density at radius 1 is 1.17 bits per heavy atom. The molecule has 7 nitrogen and oxygen atoms in total. The molecule has 2 heterocycles. The number of rotatable bonds is 4. The monoisotopic (exact) mass is 342 g/mol. The molecule has 0 aliphatic rings. The molecule has 8 heteroatoms. The number of benzene rings is 1. The Hall–Kier alpha value is -3.06. The number of ether oxygens (including phenoxy) is 1. The van der Waals surface area contributed by atoms with Crippen LogP contribution in [0.25, 0.3) is 11.4 Å². The number of aromatic nitrogens is 3. The lowest BCUT2D eigenvalue weighted by Crippen LogP contribution is -1.97. The van der Waals surface area contributed by atoms with E-state index in [1.165, 1.54) is 18.3 Å². The third-order valence-corrected chi connectivity index (χ3v) is 3.29. The molecule has 0 radical (unpaired) electrons. The lowest BCUT2D eigenvalue weighted by molar-refractivity contribution is -0.384. The van der Waals surface area contributed by atoms with Crippen molar-refractivity contribution in [1.29, 1.82) is 0 Å². The SMILES string of the molecule is Cc1cc(Oc2ccc(Cl)nc2)nc(-c2cccc([N+](=O)[O-])c2)n1. The first-order chi connectivity index (χ1) is 11.5. The molecule has 1 aromatic carbocycles. The van der Waals surface area contributed by atoms with Gasteiger partial charge in [-0.3, -0.25) is 10.1 Å². The van der Waals surface area contributed by atoms with E-state index in [-0.39, 0.29) is 5.69 Å². The summed E-state index contributed by atoms with van der Waals surface area (Å²) in [6.45, 7) is 1.79. The fourth-order valence-electron chi connectivity index (χ4n) is 2.02. The topological polar surface area (TPSA) is 91.0 Å². The molecule has 0 bridgehead atoms. The molecule has 0 spiro atoms. The molecule has 0 aliphatic carbocycles. The number of nitrogens with zero attached hydrogens (tertiary/aromatic N) is 4. The number of hydrogen-bond acceptors (Lipinski definition) is 6. The largest absolute Gasteiger partial charge is 0.437 e. The van der Waals surface area contributed by atoms with Gasteiger partial charge in [0.1, 0.15) is 10.9 Å². The van der Waals surface area contributed by atoms with Gasteiger partial charge in [-0.1, -0.05) is 23.7 Å². The van der Waals surface area contributed by atoms with Crippen molar-refractivity contribution >= 4 is 17.3 Å². The lowest BCUT2D eigenvalue weighted by atomic mass is 10.2. The van der Waals surface area contributed by atoms with Crippen LogP contribution in [0.3, 0.4) is 0 Å². The Bertz CT molecular complexity index is 900. The van der Waals surface area contributed by atoms with E-state index >= 15 is 0 Å². The van der Waals surface area contributed by atoms with E-state index in [0.717, 1.165) is 0 Å². The minimum Gasteiger partial charge on any atom is -0.437 e. The fraction of sp³-hybridized carbons (Fsp3) is 0.0625. The molecular formula is C16H11ClN4O3. The first-order valence-corrected chi connectivity index (χ1v) is 7.29. The molecule has 0 N–H and O–H groups in total. The van der Waals surface area contributed by atoms with Crippen molar-refractivity contribution in [2.24, 2.45) is 0 Å². The number of hydrogen-bond donors (Lipinski definition) is 0. The Morgan fingerprint density at radius 3 is 2.71 bits per heavy atom. The van der Waals surface area contributed by atoms with E-state index in [1.54, 1.807) is 37.3 Å². The normalized spacial score (nSPS) is 10.4. The first-order valence-electron chi connectivity index (χ1n) is 6.91. The van der Waals surface area contributed by atoms with Crippen LogP contribution in [0.2, 0.25) is 5.15 Å². The number of halogens is 1. The molecule has 2 aromatic heterocycles. The Kier molecular flexibility index (Phi) is 4.35. The first kappa shape index (κ1) is 15.8. The highest BCUT2D eigenvalue weighted by molar-refractivity contribution is 6.29. The number of nitro benzene ring substituents is 1. The smallest absolute Gasteiger partial charge is 0.270 e. The summed E-state index contributed by atoms with van der Waals surface area (Å²) in [7, 11) is 0. The molecule has 0 amide bonds. The molecule has 0 fully saturated rings. The van der Waals surface area contributed by atoms with E-state index in [1.807, 2.05) is 0 Å². The van der Waals surface area contributed by atoms with Crippen LogP contribution in [-0.4, -0.2) is 19.9 Å². The van der Waals surface area contributed by atoms with Crippen LogP contribution in [0.1, 0.15) is 5.69 Å². The zero-order chi connectivity index (χ0) is 17.1. The molecule has 120 valence electrons. The second-order valence-corrected chi connectivity index (χ2v) is 5.28. The van der Waals surface area contributed by atoms with Gasteiger partial charge in [-0.05, 0) is 19.1 Å². The van der Waals surface area contributed by atoms with Gasteiger partial charge < -0.3 is 4.74 Å². The molecule has 0 unspecified atom stereocenters. The zero-order valence-corrected chi connectivity index (χ0v) is 13.3. The van der Waals surface area contributed by atoms with Crippen molar-refractivity contribution in [1.82, 2.24) is 15.0 Å². The summed E-state index contributed by atoms with van der Waals surface area (Å²) in [6.07, 6.45) is 1.48. The number of aryl methyl sites for hydroxylation is 1. The van der Waals surface area contributed by atoms with E-state index in [2.05, 4.69) is 15.0 Å². The number of non-ortho nitro benzene ring substituents is 1. The summed E-state index contributed by atoms with van der Waals surface area (Å²) < 4.78 is 5.65. The van der Waals surface area contributed by atoms with Crippen molar-refractivity contribution in [2.75, 3.05) is 0 Å². The quantitative estimate of drug-likeness (QED) is 0.401. The highest BCUT2D eigenvalue weighted by atomic mass is 35.5. The predicted octanol–water partition coefficient (Wildman–Crippen LogP) is 4.20. The molecule has 0 saturated heterocycles. The van der Waals surface area contributed by atoms with Crippen molar-refractivity contribution in [3.05, 3.63) is 69.6 Å². The molecule has 0 saturated carbocycles. The molecule has 3 aromatic rings. The summed E-state index contributed by atoms with van der Waals surface area (Å²) in [5.41, 5.74) is 1.18. The van der Waals surface area contributed by atoms with Gasteiger partial charge in [0.2, 0.25) is 5.88 Å². The van der Waals surface area contributed by atoms with Crippen molar-refractivity contribution in [3.63, 3.8) is 0 Å². The van der Waals surface area contributed by atoms with Crippen LogP contribution >= 0.6 is 11.6 Å². The fourth-order valence-corrected chi connectivity index (χ4v) is 2.13. The van der Waals surface area contributed by atoms with E-state index in [9.17, 15) is 10.1 Å². The van der Waals surface area contributed by atoms with Crippen LogP contribution in [0.5, 0.6) is 11.6 Å². The third kappa shape index (κ3) is 3.64. The summed E-state index contributed by atoms with van der Waals surface area (Å²) in [5.74, 6) is 1.13. The summed E-state index contributed by atoms with van der Waals surface area (Å²) in [5, 5.41) is 11.3. The molecule has 24 heavy (non-hydrogen) atoms. The van der Waals surface area contributed by atoms with Crippen LogP contribution in [0.4, 0.5) is 5.69 Å². The Morgan fingerprint density at radius 2 is 2.00 bits per heavy atom. The highest BCUT2D eigenvalue weighted by Crippen LogP contribution is 2.25. The lowest BCUT2D eigenvalue weighted by Gasteiger charge is -2.07. The van der Waals surface area contributed by atoms with Crippen LogP contribution < -0.4 is 4.74 Å². The van der Waals surface area contributed by atoms with E-state index in [4.69, 9.17) is 16.3 Å². The Labute approximate surface area is 142 Å². The maximum atomic E-state index is 10.9. The molecular weight excluding hydrogens is 332 g/mol. The number of nitro groups is 1. The van der Waals surface area contributed by atoms with E-state index < -0.39 is 4.92 Å². The van der Waals surface area contributed by atoms with Gasteiger partial charge in [-0.25, -0.2) is 9.97 Å². The standard InChI is InChI=1S/C16H11ClN4O3/c1-10-7-15(24-13-5-6-14(17)18-9-13)20-16(19-10)11-3-2-4-12(8-11)21(22)23/h2-9H,1H3. The van der Waals surface area contributed by atoms with Gasteiger partial charge in [0, 0.05) is 29.5 Å². The van der Waals surface area contributed by atoms with Gasteiger partial charge in [0.25, 0.3) is 5.69 Å². The van der Waals surface area contributed by atoms with Crippen molar-refractivity contribution in [2.45, 2.75) is 6.92 Å². The summed E-state index contributed by atoms with van der Waals surface area (Å²) >= 11 is 5.74. The average Bonchev–Trinajstić information content (AvgIpc) is 2.56. The van der Waals surface area contributed by atoms with E-state index in [0.29, 0.717) is 33.9 Å². The van der Waals surface area contributed by atoms with Crippen molar-refractivity contribution in [3.8, 4) is 23.0 Å². The molecule has 3 rings (SSSR count). The second-order valence-electron chi connectivity index (χ2n) is 4.90. The maximum absolute atomic E-state index is 10.9. The molecule has 0 aliphatic heterocycles. The minimum absolute atomic E-state index is 0.0259. The van der Waals surface area contributed by atoms with Gasteiger partial charge in [-0.15, -0.1) is 0 Å². The second kappa shape index (κ2) is 6.59. The van der Waals surface area contributed by atoms with Crippen molar-refractivity contribution < 1.29 is 9.66 Å². The highest BCUT2D eigenvalue weighted by Gasteiger charge is 2.11. The average molecular weight is 343 g/mol. The minimum atomic E-state index is -0.462. The van der Waals surface area contributed by atoms with Gasteiger partial charge in [-0.2, -0.15) is 4.98 Å².